The highest BCUT2D eigenvalue weighted by atomic mass is 32.1. The molecule has 0 saturated heterocycles. The van der Waals surface area contributed by atoms with Gasteiger partial charge < -0.3 is 9.67 Å². The van der Waals surface area contributed by atoms with Crippen molar-refractivity contribution in [1.29, 1.82) is 0 Å². The van der Waals surface area contributed by atoms with Crippen molar-refractivity contribution in [3.63, 3.8) is 0 Å². The van der Waals surface area contributed by atoms with E-state index in [4.69, 9.17) is 4.98 Å². The second-order valence-electron chi connectivity index (χ2n) is 7.05. The zero-order valence-electron chi connectivity index (χ0n) is 13.1. The van der Waals surface area contributed by atoms with Gasteiger partial charge in [-0.3, -0.25) is 0 Å². The number of aliphatic hydroxyl groups excluding tert-OH is 1. The van der Waals surface area contributed by atoms with Crippen LogP contribution in [0.2, 0.25) is 0 Å². The summed E-state index contributed by atoms with van der Waals surface area (Å²) in [6, 6.07) is 0. The summed E-state index contributed by atoms with van der Waals surface area (Å²) in [5.74, 6) is 0. The van der Waals surface area contributed by atoms with Gasteiger partial charge in [-0.1, -0.05) is 27.2 Å². The Labute approximate surface area is 130 Å². The molecule has 3 nitrogen and oxygen atoms in total. The number of rotatable bonds is 2. The average Bonchev–Trinajstić information content (AvgIpc) is 2.98. The summed E-state index contributed by atoms with van der Waals surface area (Å²) in [7, 11) is 0. The topological polar surface area (TPSA) is 38.0 Å². The molecule has 1 N–H and O–H groups in total. The van der Waals surface area contributed by atoms with Gasteiger partial charge in [0.25, 0.3) is 0 Å². The van der Waals surface area contributed by atoms with Gasteiger partial charge in [0.05, 0.1) is 18.3 Å². The van der Waals surface area contributed by atoms with Crippen molar-refractivity contribution in [2.45, 2.75) is 64.5 Å². The fourth-order valence-corrected chi connectivity index (χ4v) is 3.90. The van der Waals surface area contributed by atoms with Crippen LogP contribution in [-0.2, 0) is 18.4 Å². The highest BCUT2D eigenvalue weighted by Gasteiger charge is 2.20. The molecular formula is C17H24N2OS. The SMILES string of the molecule is CC(C)(C)c1csc(Cn2cc3c(c2)C(O)CCCC3)n1. The van der Waals surface area contributed by atoms with Gasteiger partial charge in [0.1, 0.15) is 5.01 Å². The molecule has 0 aromatic carbocycles. The molecule has 0 amide bonds. The molecule has 2 aromatic rings. The second kappa shape index (κ2) is 5.58. The van der Waals surface area contributed by atoms with Gasteiger partial charge in [-0.15, -0.1) is 11.3 Å². The van der Waals surface area contributed by atoms with Crippen LogP contribution in [0, 0.1) is 0 Å². The van der Waals surface area contributed by atoms with Crippen LogP contribution in [0.15, 0.2) is 17.8 Å². The average molecular weight is 304 g/mol. The minimum absolute atomic E-state index is 0.110. The number of hydrogen-bond donors (Lipinski definition) is 1. The predicted molar refractivity (Wildman–Crippen MR) is 86.9 cm³/mol. The molecule has 0 radical (unpaired) electrons. The number of nitrogens with zero attached hydrogens (tertiary/aromatic N) is 2. The molecule has 2 aromatic heterocycles. The van der Waals surface area contributed by atoms with Gasteiger partial charge in [-0.05, 0) is 24.8 Å². The van der Waals surface area contributed by atoms with E-state index in [1.54, 1.807) is 11.3 Å². The van der Waals surface area contributed by atoms with Crippen molar-refractivity contribution < 1.29 is 5.11 Å². The van der Waals surface area contributed by atoms with Crippen molar-refractivity contribution in [3.05, 3.63) is 39.6 Å². The van der Waals surface area contributed by atoms with Crippen LogP contribution in [0.3, 0.4) is 0 Å². The first-order valence-electron chi connectivity index (χ1n) is 7.75. The van der Waals surface area contributed by atoms with E-state index in [1.165, 1.54) is 12.0 Å². The third-order valence-corrected chi connectivity index (χ3v) is 5.00. The molecule has 1 aliphatic rings. The van der Waals surface area contributed by atoms with E-state index in [0.29, 0.717) is 0 Å². The quantitative estimate of drug-likeness (QED) is 0.850. The normalized spacial score (nSPS) is 19.3. The number of aromatic nitrogens is 2. The number of thiazole rings is 1. The van der Waals surface area contributed by atoms with E-state index < -0.39 is 0 Å². The minimum atomic E-state index is -0.287. The van der Waals surface area contributed by atoms with Crippen molar-refractivity contribution >= 4 is 11.3 Å². The summed E-state index contributed by atoms with van der Waals surface area (Å²) in [5.41, 5.74) is 3.71. The lowest BCUT2D eigenvalue weighted by atomic mass is 9.93. The summed E-state index contributed by atoms with van der Waals surface area (Å²) in [6.45, 7) is 7.39. The van der Waals surface area contributed by atoms with Gasteiger partial charge in [-0.25, -0.2) is 4.98 Å². The van der Waals surface area contributed by atoms with Gasteiger partial charge in [-0.2, -0.15) is 0 Å². The Morgan fingerprint density at radius 1 is 1.33 bits per heavy atom. The van der Waals surface area contributed by atoms with Crippen LogP contribution >= 0.6 is 11.3 Å². The molecule has 4 heteroatoms. The monoisotopic (exact) mass is 304 g/mol. The Morgan fingerprint density at radius 2 is 2.14 bits per heavy atom. The maximum atomic E-state index is 10.2. The van der Waals surface area contributed by atoms with Crippen molar-refractivity contribution in [3.8, 4) is 0 Å². The summed E-state index contributed by atoms with van der Waals surface area (Å²) in [6.07, 6.45) is 8.31. The first kappa shape index (κ1) is 14.8. The van der Waals surface area contributed by atoms with Gasteiger partial charge in [0.2, 0.25) is 0 Å². The molecule has 1 atom stereocenters. The lowest BCUT2D eigenvalue weighted by Crippen LogP contribution is -2.11. The third kappa shape index (κ3) is 3.22. The van der Waals surface area contributed by atoms with Crippen molar-refractivity contribution in [2.75, 3.05) is 0 Å². The maximum absolute atomic E-state index is 10.2. The highest BCUT2D eigenvalue weighted by molar-refractivity contribution is 7.09. The molecule has 1 unspecified atom stereocenters. The molecule has 0 saturated carbocycles. The van der Waals surface area contributed by atoms with Crippen molar-refractivity contribution in [2.24, 2.45) is 0 Å². The minimum Gasteiger partial charge on any atom is -0.388 e. The summed E-state index contributed by atoms with van der Waals surface area (Å²) < 4.78 is 2.18. The molecular weight excluding hydrogens is 280 g/mol. The number of aryl methyl sites for hydroxylation is 1. The maximum Gasteiger partial charge on any atom is 0.113 e. The molecule has 1 aliphatic carbocycles. The van der Waals surface area contributed by atoms with E-state index >= 15 is 0 Å². The molecule has 21 heavy (non-hydrogen) atoms. The van der Waals surface area contributed by atoms with E-state index in [9.17, 15) is 5.11 Å². The van der Waals surface area contributed by atoms with Crippen LogP contribution in [0.5, 0.6) is 0 Å². The lowest BCUT2D eigenvalue weighted by molar-refractivity contribution is 0.166. The number of fused-ring (bicyclic) bond motifs is 1. The van der Waals surface area contributed by atoms with E-state index in [0.717, 1.165) is 42.1 Å². The number of hydrogen-bond acceptors (Lipinski definition) is 3. The molecule has 0 fully saturated rings. The van der Waals surface area contributed by atoms with Crippen LogP contribution in [0.25, 0.3) is 0 Å². The first-order valence-corrected chi connectivity index (χ1v) is 8.63. The lowest BCUT2D eigenvalue weighted by Gasteiger charge is -2.14. The fourth-order valence-electron chi connectivity index (χ4n) is 2.87. The van der Waals surface area contributed by atoms with Crippen LogP contribution in [0.1, 0.15) is 68.0 Å². The molecule has 3 rings (SSSR count). The van der Waals surface area contributed by atoms with E-state index in [2.05, 4.69) is 43.1 Å². The van der Waals surface area contributed by atoms with Gasteiger partial charge in [0.15, 0.2) is 0 Å². The fraction of sp³-hybridized carbons (Fsp3) is 0.588. The summed E-state index contributed by atoms with van der Waals surface area (Å²) >= 11 is 1.73. The summed E-state index contributed by atoms with van der Waals surface area (Å²) in [5, 5.41) is 13.5. The Bertz CT molecular complexity index is 621. The predicted octanol–water partition coefficient (Wildman–Crippen LogP) is 4.05. The van der Waals surface area contributed by atoms with E-state index in [1.807, 2.05) is 0 Å². The zero-order chi connectivity index (χ0) is 15.0. The smallest absolute Gasteiger partial charge is 0.113 e. The molecule has 2 heterocycles. The van der Waals surface area contributed by atoms with Crippen LogP contribution in [-0.4, -0.2) is 14.7 Å². The molecule has 0 spiro atoms. The summed E-state index contributed by atoms with van der Waals surface area (Å²) in [4.78, 5) is 4.76. The van der Waals surface area contributed by atoms with Gasteiger partial charge >= 0.3 is 0 Å². The largest absolute Gasteiger partial charge is 0.388 e. The first-order chi connectivity index (χ1) is 9.93. The molecule has 0 aliphatic heterocycles. The van der Waals surface area contributed by atoms with Crippen LogP contribution in [0.4, 0.5) is 0 Å². The van der Waals surface area contributed by atoms with E-state index in [-0.39, 0.29) is 11.5 Å². The molecule has 0 bridgehead atoms. The standard InChI is InChI=1S/C17H24N2OS/c1-17(2,3)15-11-21-16(18-15)10-19-8-12-6-4-5-7-14(20)13(12)9-19/h8-9,11,14,20H,4-7,10H2,1-3H3. The van der Waals surface area contributed by atoms with Crippen molar-refractivity contribution in [1.82, 2.24) is 9.55 Å². The van der Waals surface area contributed by atoms with Crippen LogP contribution < -0.4 is 0 Å². The second-order valence-corrected chi connectivity index (χ2v) is 7.99. The van der Waals surface area contributed by atoms with Gasteiger partial charge in [0, 0.05) is 28.8 Å². The Balaban J connectivity index is 1.80. The Hall–Kier alpha value is -1.13. The Morgan fingerprint density at radius 3 is 2.86 bits per heavy atom. The third-order valence-electron chi connectivity index (χ3n) is 4.17. The zero-order valence-corrected chi connectivity index (χ0v) is 13.9. The number of aliphatic hydroxyl groups is 1. The highest BCUT2D eigenvalue weighted by Crippen LogP contribution is 2.30. The molecule has 114 valence electrons. The Kier molecular flexibility index (Phi) is 3.93.